The van der Waals surface area contributed by atoms with Crippen molar-refractivity contribution in [2.24, 2.45) is 7.05 Å². The Kier molecular flexibility index (Phi) is 3.12. The molecule has 0 amide bonds. The first kappa shape index (κ1) is 12.3. The molecule has 92 valence electrons. The third kappa shape index (κ3) is 2.38. The number of aryl methyl sites for hydroxylation is 1. The minimum atomic E-state index is -3.51. The van der Waals surface area contributed by atoms with Crippen LogP contribution >= 0.6 is 0 Å². The number of hydrogen-bond donors (Lipinski definition) is 0. The molecule has 2 aromatic rings. The van der Waals surface area contributed by atoms with Gasteiger partial charge >= 0.3 is 0 Å². The van der Waals surface area contributed by atoms with Crippen molar-refractivity contribution < 1.29 is 8.42 Å². The second kappa shape index (κ2) is 4.58. The molecule has 0 saturated carbocycles. The Hall–Kier alpha value is -2.20. The number of sulfone groups is 1. The highest BCUT2D eigenvalue weighted by atomic mass is 32.2. The smallest absolute Gasteiger partial charge is 0.249 e. The van der Waals surface area contributed by atoms with Crippen LogP contribution in [0.15, 0.2) is 35.7 Å². The summed E-state index contributed by atoms with van der Waals surface area (Å²) in [5, 5.41) is 15.7. The maximum Gasteiger partial charge on any atom is 0.249 e. The van der Waals surface area contributed by atoms with E-state index in [0.29, 0.717) is 11.1 Å². The van der Waals surface area contributed by atoms with Gasteiger partial charge in [-0.1, -0.05) is 12.1 Å². The normalized spacial score (nSPS) is 11.1. The number of rotatable bonds is 3. The average Bonchev–Trinajstić information content (AvgIpc) is 2.77. The van der Waals surface area contributed by atoms with Crippen LogP contribution in [-0.2, 0) is 22.6 Å². The van der Waals surface area contributed by atoms with Gasteiger partial charge in [0.25, 0.3) is 0 Å². The number of aromatic nitrogens is 3. The van der Waals surface area contributed by atoms with Crippen molar-refractivity contribution in [3.63, 3.8) is 0 Å². The van der Waals surface area contributed by atoms with Crippen molar-refractivity contribution in [3.05, 3.63) is 41.7 Å². The summed E-state index contributed by atoms with van der Waals surface area (Å²) in [5.41, 5.74) is 1.10. The molecule has 0 saturated heterocycles. The van der Waals surface area contributed by atoms with Crippen LogP contribution in [0.1, 0.15) is 11.1 Å². The van der Waals surface area contributed by atoms with Crippen molar-refractivity contribution in [2.45, 2.75) is 10.9 Å². The summed E-state index contributed by atoms with van der Waals surface area (Å²) in [7, 11) is -1.94. The van der Waals surface area contributed by atoms with E-state index in [1.165, 1.54) is 10.9 Å². The molecule has 1 aromatic heterocycles. The van der Waals surface area contributed by atoms with E-state index in [9.17, 15) is 8.42 Å². The Bertz CT molecular complexity index is 695. The summed E-state index contributed by atoms with van der Waals surface area (Å²) >= 11 is 0. The molecular weight excluding hydrogens is 252 g/mol. The fraction of sp³-hybridized carbons (Fsp3) is 0.182. The summed E-state index contributed by atoms with van der Waals surface area (Å²) in [6.45, 7) is 0. The zero-order chi connectivity index (χ0) is 13.2. The minimum Gasteiger partial charge on any atom is -0.308 e. The van der Waals surface area contributed by atoms with E-state index in [-0.39, 0.29) is 10.9 Å². The van der Waals surface area contributed by atoms with Gasteiger partial charge < -0.3 is 4.57 Å². The van der Waals surface area contributed by atoms with Gasteiger partial charge in [0, 0.05) is 7.05 Å². The van der Waals surface area contributed by atoms with Crippen LogP contribution in [0.4, 0.5) is 0 Å². The Morgan fingerprint density at radius 1 is 1.33 bits per heavy atom. The van der Waals surface area contributed by atoms with Crippen molar-refractivity contribution >= 4 is 9.84 Å². The van der Waals surface area contributed by atoms with E-state index < -0.39 is 9.84 Å². The molecule has 0 atom stereocenters. The first-order chi connectivity index (χ1) is 8.53. The Labute approximate surface area is 104 Å². The van der Waals surface area contributed by atoms with Crippen molar-refractivity contribution in [1.82, 2.24) is 14.8 Å². The highest BCUT2D eigenvalue weighted by Gasteiger charge is 2.20. The van der Waals surface area contributed by atoms with Gasteiger partial charge in [0.1, 0.15) is 6.33 Å². The first-order valence-corrected chi connectivity index (χ1v) is 6.74. The fourth-order valence-corrected chi connectivity index (χ4v) is 2.93. The third-order valence-electron chi connectivity index (χ3n) is 2.39. The van der Waals surface area contributed by atoms with Crippen LogP contribution in [0, 0.1) is 11.3 Å². The van der Waals surface area contributed by atoms with Gasteiger partial charge in [0.05, 0.1) is 17.4 Å². The molecule has 1 aromatic carbocycles. The van der Waals surface area contributed by atoms with Crippen LogP contribution < -0.4 is 0 Å². The average molecular weight is 262 g/mol. The molecule has 0 fully saturated rings. The van der Waals surface area contributed by atoms with Gasteiger partial charge in [-0.3, -0.25) is 0 Å². The molecule has 0 unspecified atom stereocenters. The van der Waals surface area contributed by atoms with E-state index in [1.807, 2.05) is 6.07 Å². The third-order valence-corrected chi connectivity index (χ3v) is 4.03. The lowest BCUT2D eigenvalue weighted by atomic mass is 10.2. The molecule has 6 nitrogen and oxygen atoms in total. The fourth-order valence-electron chi connectivity index (χ4n) is 1.51. The largest absolute Gasteiger partial charge is 0.308 e. The summed E-state index contributed by atoms with van der Waals surface area (Å²) in [6.07, 6.45) is 1.34. The molecule has 7 heteroatoms. The topological polar surface area (TPSA) is 88.6 Å². The molecule has 2 rings (SSSR count). The zero-order valence-electron chi connectivity index (χ0n) is 9.61. The summed E-state index contributed by atoms with van der Waals surface area (Å²) in [5.74, 6) is -0.161. The number of benzene rings is 1. The maximum atomic E-state index is 12.0. The minimum absolute atomic E-state index is 0.0631. The molecule has 0 spiro atoms. The monoisotopic (exact) mass is 262 g/mol. The van der Waals surface area contributed by atoms with E-state index in [1.54, 1.807) is 31.3 Å². The standard InChI is InChI=1S/C11H10N4O2S/c1-15-8-13-14-11(15)18(16,17)7-10-4-2-9(6-12)3-5-10/h2-5,8H,7H2,1H3. The van der Waals surface area contributed by atoms with E-state index >= 15 is 0 Å². The highest BCUT2D eigenvalue weighted by Crippen LogP contribution is 2.13. The number of hydrogen-bond acceptors (Lipinski definition) is 5. The molecule has 0 N–H and O–H groups in total. The van der Waals surface area contributed by atoms with Crippen molar-refractivity contribution in [2.75, 3.05) is 0 Å². The second-order valence-electron chi connectivity index (χ2n) is 3.79. The first-order valence-electron chi connectivity index (χ1n) is 5.09. The van der Waals surface area contributed by atoms with Gasteiger partial charge in [0.15, 0.2) is 0 Å². The summed E-state index contributed by atoms with van der Waals surface area (Å²) in [6, 6.07) is 8.38. The molecular formula is C11H10N4O2S. The quantitative estimate of drug-likeness (QED) is 0.810. The molecule has 0 bridgehead atoms. The Morgan fingerprint density at radius 2 is 2.00 bits per heavy atom. The van der Waals surface area contributed by atoms with Crippen molar-refractivity contribution in [1.29, 1.82) is 5.26 Å². The highest BCUT2D eigenvalue weighted by molar-refractivity contribution is 7.90. The van der Waals surface area contributed by atoms with Crippen LogP contribution in [0.25, 0.3) is 0 Å². The Balaban J connectivity index is 2.28. The molecule has 0 radical (unpaired) electrons. The number of nitriles is 1. The van der Waals surface area contributed by atoms with E-state index in [2.05, 4.69) is 10.2 Å². The van der Waals surface area contributed by atoms with E-state index in [0.717, 1.165) is 0 Å². The SMILES string of the molecule is Cn1cnnc1S(=O)(=O)Cc1ccc(C#N)cc1. The van der Waals surface area contributed by atoms with Crippen LogP contribution in [0.2, 0.25) is 0 Å². The van der Waals surface area contributed by atoms with Crippen LogP contribution in [0.5, 0.6) is 0 Å². The lowest BCUT2D eigenvalue weighted by Crippen LogP contribution is -2.10. The lowest BCUT2D eigenvalue weighted by molar-refractivity contribution is 0.577. The predicted molar refractivity (Wildman–Crippen MR) is 63.0 cm³/mol. The van der Waals surface area contributed by atoms with E-state index in [4.69, 9.17) is 5.26 Å². The molecule has 18 heavy (non-hydrogen) atoms. The van der Waals surface area contributed by atoms with Gasteiger partial charge in [-0.15, -0.1) is 10.2 Å². The Morgan fingerprint density at radius 3 is 2.50 bits per heavy atom. The number of nitrogens with zero attached hydrogens (tertiary/aromatic N) is 4. The van der Waals surface area contributed by atoms with Gasteiger partial charge in [0.2, 0.25) is 15.0 Å². The van der Waals surface area contributed by atoms with Crippen LogP contribution in [0.3, 0.4) is 0 Å². The summed E-state index contributed by atoms with van der Waals surface area (Å²) < 4.78 is 25.5. The lowest BCUT2D eigenvalue weighted by Gasteiger charge is -2.03. The maximum absolute atomic E-state index is 12.0. The summed E-state index contributed by atoms with van der Waals surface area (Å²) in [4.78, 5) is 0. The molecule has 0 aliphatic rings. The zero-order valence-corrected chi connectivity index (χ0v) is 10.4. The molecule has 0 aliphatic heterocycles. The van der Waals surface area contributed by atoms with Crippen molar-refractivity contribution in [3.8, 4) is 6.07 Å². The second-order valence-corrected chi connectivity index (χ2v) is 5.68. The van der Waals surface area contributed by atoms with Gasteiger partial charge in [-0.25, -0.2) is 8.42 Å². The molecule has 0 aliphatic carbocycles. The van der Waals surface area contributed by atoms with Gasteiger partial charge in [-0.05, 0) is 17.7 Å². The van der Waals surface area contributed by atoms with Gasteiger partial charge in [-0.2, -0.15) is 5.26 Å². The molecule has 1 heterocycles. The van der Waals surface area contributed by atoms with Crippen LogP contribution in [-0.4, -0.2) is 23.2 Å². The predicted octanol–water partition coefficient (Wildman–Crippen LogP) is 0.661.